The molecule has 0 fully saturated rings. The van der Waals surface area contributed by atoms with Gasteiger partial charge in [0, 0.05) is 11.9 Å². The largest absolute Gasteiger partial charge is 1.00 e. The monoisotopic (exact) mass is 170 g/mol. The van der Waals surface area contributed by atoms with Gasteiger partial charge in [-0.2, -0.15) is 0 Å². The predicted octanol–water partition coefficient (Wildman–Crippen LogP) is 2.81. The molecular weight excluding hydrogens is 158 g/mol. The maximum Gasteiger partial charge on any atom is 1.00 e. The number of hydrogen-bond donors (Lipinski definition) is 1. The zero-order chi connectivity index (χ0) is 8.93. The Morgan fingerprint density at radius 1 is 0.923 bits per heavy atom. The van der Waals surface area contributed by atoms with Crippen molar-refractivity contribution >= 4 is 5.70 Å². The first kappa shape index (κ1) is 7.87. The molecule has 0 atom stereocenters. The summed E-state index contributed by atoms with van der Waals surface area (Å²) >= 11 is 0. The van der Waals surface area contributed by atoms with E-state index >= 15 is 0 Å². The lowest BCUT2D eigenvalue weighted by atomic mass is 10.1. The highest BCUT2D eigenvalue weighted by molar-refractivity contribution is 5.66. The smallest absolute Gasteiger partial charge is 0.361 e. The van der Waals surface area contributed by atoms with Gasteiger partial charge in [0.15, 0.2) is 0 Å². The van der Waals surface area contributed by atoms with E-state index in [-0.39, 0.29) is 1.43 Å². The highest BCUT2D eigenvalue weighted by Crippen LogP contribution is 2.11. The van der Waals surface area contributed by atoms with E-state index in [4.69, 9.17) is 0 Å². The molecule has 0 amide bonds. The number of benzene rings is 1. The summed E-state index contributed by atoms with van der Waals surface area (Å²) in [5, 5.41) is 3.22. The summed E-state index contributed by atoms with van der Waals surface area (Å²) < 4.78 is 0. The van der Waals surface area contributed by atoms with Crippen molar-refractivity contribution in [1.29, 1.82) is 0 Å². The molecule has 0 aromatic heterocycles. The molecule has 13 heavy (non-hydrogen) atoms. The van der Waals surface area contributed by atoms with Crippen LogP contribution in [0.2, 0.25) is 0 Å². The maximum atomic E-state index is 3.22. The number of allylic oxidation sites excluding steroid dienone is 4. The number of rotatable bonds is 1. The van der Waals surface area contributed by atoms with Crippen LogP contribution >= 0.6 is 0 Å². The molecule has 2 rings (SSSR count). The minimum Gasteiger partial charge on any atom is -0.361 e. The van der Waals surface area contributed by atoms with Crippen molar-refractivity contribution in [2.45, 2.75) is 0 Å². The van der Waals surface area contributed by atoms with Gasteiger partial charge < -0.3 is 5.32 Å². The van der Waals surface area contributed by atoms with Gasteiger partial charge in [0.1, 0.15) is 0 Å². The van der Waals surface area contributed by atoms with Crippen molar-refractivity contribution in [2.24, 2.45) is 0 Å². The molecule has 0 bridgehead atoms. The standard InChI is InChI=1S/C12H11N/c1-3-7-11(8-4-1)12-9-5-2-6-10-13-12/h1-10,13H/p+1. The predicted molar refractivity (Wildman–Crippen MR) is 56.9 cm³/mol. The van der Waals surface area contributed by atoms with Gasteiger partial charge in [-0.1, -0.05) is 42.5 Å². The summed E-state index contributed by atoms with van der Waals surface area (Å²) in [4.78, 5) is 0. The molecule has 1 aromatic carbocycles. The van der Waals surface area contributed by atoms with E-state index in [0.717, 1.165) is 5.70 Å². The van der Waals surface area contributed by atoms with Gasteiger partial charge in [0.05, 0.1) is 0 Å². The molecule has 1 aliphatic rings. The Kier molecular flexibility index (Phi) is 2.28. The van der Waals surface area contributed by atoms with Gasteiger partial charge in [-0.05, 0) is 17.7 Å². The summed E-state index contributed by atoms with van der Waals surface area (Å²) in [7, 11) is 0. The van der Waals surface area contributed by atoms with Crippen LogP contribution in [0.25, 0.3) is 5.70 Å². The topological polar surface area (TPSA) is 12.0 Å². The van der Waals surface area contributed by atoms with Gasteiger partial charge in [-0.25, -0.2) is 0 Å². The van der Waals surface area contributed by atoms with Gasteiger partial charge in [-0.3, -0.25) is 0 Å². The summed E-state index contributed by atoms with van der Waals surface area (Å²) in [5.41, 5.74) is 2.34. The van der Waals surface area contributed by atoms with E-state index in [2.05, 4.69) is 23.5 Å². The Hall–Kier alpha value is -1.76. The van der Waals surface area contributed by atoms with Crippen molar-refractivity contribution in [3.8, 4) is 0 Å². The second-order valence-electron chi connectivity index (χ2n) is 2.83. The van der Waals surface area contributed by atoms with Gasteiger partial charge in [-0.15, -0.1) is 0 Å². The lowest BCUT2D eigenvalue weighted by Crippen LogP contribution is -2.02. The minimum atomic E-state index is 0. The Labute approximate surface area is 79.6 Å². The second-order valence-corrected chi connectivity index (χ2v) is 2.83. The molecule has 1 N–H and O–H groups in total. The average Bonchev–Trinajstić information content (AvgIpc) is 2.47. The second kappa shape index (κ2) is 3.76. The van der Waals surface area contributed by atoms with Crippen molar-refractivity contribution in [3.05, 3.63) is 66.4 Å². The van der Waals surface area contributed by atoms with Crippen molar-refractivity contribution in [1.82, 2.24) is 5.32 Å². The number of hydrogen-bond acceptors (Lipinski definition) is 1. The van der Waals surface area contributed by atoms with E-state index < -0.39 is 0 Å². The van der Waals surface area contributed by atoms with Crippen LogP contribution in [0.4, 0.5) is 0 Å². The third kappa shape index (κ3) is 1.88. The van der Waals surface area contributed by atoms with Crippen LogP contribution in [-0.4, -0.2) is 0 Å². The zero-order valence-corrected chi connectivity index (χ0v) is 7.27. The molecule has 64 valence electrons. The summed E-state index contributed by atoms with van der Waals surface area (Å²) in [6, 6.07) is 10.3. The van der Waals surface area contributed by atoms with Crippen molar-refractivity contribution in [2.75, 3.05) is 0 Å². The lowest BCUT2D eigenvalue weighted by molar-refractivity contribution is 1.22. The van der Waals surface area contributed by atoms with E-state index in [1.807, 2.05) is 42.6 Å². The first-order chi connectivity index (χ1) is 6.47. The molecular formula is C12H12N+. The molecule has 0 aliphatic carbocycles. The van der Waals surface area contributed by atoms with Crippen molar-refractivity contribution in [3.63, 3.8) is 0 Å². The van der Waals surface area contributed by atoms with Crippen LogP contribution < -0.4 is 5.32 Å². The third-order valence-corrected chi connectivity index (χ3v) is 1.90. The first-order valence-corrected chi connectivity index (χ1v) is 4.32. The van der Waals surface area contributed by atoms with Crippen LogP contribution in [0, 0.1) is 0 Å². The number of nitrogens with one attached hydrogen (secondary N) is 1. The Morgan fingerprint density at radius 2 is 1.77 bits per heavy atom. The van der Waals surface area contributed by atoms with Crippen molar-refractivity contribution < 1.29 is 1.43 Å². The Morgan fingerprint density at radius 3 is 2.62 bits per heavy atom. The highest BCUT2D eigenvalue weighted by Gasteiger charge is 1.96. The molecule has 1 aliphatic heterocycles. The fourth-order valence-electron chi connectivity index (χ4n) is 1.25. The Bertz CT molecular complexity index is 363. The third-order valence-electron chi connectivity index (χ3n) is 1.90. The normalized spacial score (nSPS) is 14.6. The van der Waals surface area contributed by atoms with Gasteiger partial charge in [0.25, 0.3) is 0 Å². The average molecular weight is 170 g/mol. The van der Waals surface area contributed by atoms with Crippen LogP contribution in [0.5, 0.6) is 0 Å². The molecule has 1 aromatic rings. The van der Waals surface area contributed by atoms with Crippen LogP contribution in [0.15, 0.2) is 60.8 Å². The maximum absolute atomic E-state index is 3.22. The molecule has 0 unspecified atom stereocenters. The molecule has 1 heteroatoms. The molecule has 0 spiro atoms. The summed E-state index contributed by atoms with van der Waals surface area (Å²) in [5.74, 6) is 0. The quantitative estimate of drug-likeness (QED) is 0.683. The fourth-order valence-corrected chi connectivity index (χ4v) is 1.25. The zero-order valence-electron chi connectivity index (χ0n) is 8.27. The SMILES string of the molecule is C1=CC=C(c2ccccc2)NC=C1.[H+]. The van der Waals surface area contributed by atoms with Crippen LogP contribution in [0.3, 0.4) is 0 Å². The van der Waals surface area contributed by atoms with Crippen LogP contribution in [-0.2, 0) is 0 Å². The molecule has 1 nitrogen and oxygen atoms in total. The van der Waals surface area contributed by atoms with E-state index in [9.17, 15) is 0 Å². The van der Waals surface area contributed by atoms with E-state index in [1.165, 1.54) is 5.56 Å². The molecule has 0 saturated heterocycles. The Balaban J connectivity index is 0.000000980. The van der Waals surface area contributed by atoms with Crippen LogP contribution in [0.1, 0.15) is 6.99 Å². The minimum absolute atomic E-state index is 0. The lowest BCUT2D eigenvalue weighted by Gasteiger charge is -2.04. The van der Waals surface area contributed by atoms with E-state index in [1.54, 1.807) is 0 Å². The summed E-state index contributed by atoms with van der Waals surface area (Å²) in [6.45, 7) is 0. The van der Waals surface area contributed by atoms with Gasteiger partial charge in [0.2, 0.25) is 0 Å². The molecule has 0 radical (unpaired) electrons. The molecule has 1 heterocycles. The highest BCUT2D eigenvalue weighted by atomic mass is 14.8. The molecule has 0 saturated carbocycles. The summed E-state index contributed by atoms with van der Waals surface area (Å²) in [6.07, 6.45) is 10.0. The fraction of sp³-hybridized carbons (Fsp3) is 0. The first-order valence-electron chi connectivity index (χ1n) is 4.32. The van der Waals surface area contributed by atoms with Gasteiger partial charge >= 0.3 is 1.43 Å². The van der Waals surface area contributed by atoms with E-state index in [0.29, 0.717) is 0 Å².